The number of ether oxygens (including phenoxy) is 1. The van der Waals surface area contributed by atoms with Gasteiger partial charge in [-0.3, -0.25) is 19.4 Å². The highest BCUT2D eigenvalue weighted by molar-refractivity contribution is 6.02. The van der Waals surface area contributed by atoms with Gasteiger partial charge in [-0.05, 0) is 25.1 Å². The average Bonchev–Trinajstić information content (AvgIpc) is 3.47. The molecule has 2 heterocycles. The molecule has 2 amide bonds. The Morgan fingerprint density at radius 2 is 1.89 bits per heavy atom. The van der Waals surface area contributed by atoms with Gasteiger partial charge in [0.1, 0.15) is 11.4 Å². The van der Waals surface area contributed by atoms with Crippen LogP contribution in [0.15, 0.2) is 42.9 Å². The molecule has 0 saturated heterocycles. The lowest BCUT2D eigenvalue weighted by Gasteiger charge is -2.27. The Kier molecular flexibility index (Phi) is 6.75. The van der Waals surface area contributed by atoms with Crippen LogP contribution in [0.2, 0.25) is 0 Å². The van der Waals surface area contributed by atoms with Gasteiger partial charge in [0.25, 0.3) is 17.7 Å². The molecular formula is C23H21F3N6O4. The number of halogens is 3. The van der Waals surface area contributed by atoms with Crippen LogP contribution in [0.1, 0.15) is 34.2 Å². The van der Waals surface area contributed by atoms with Crippen molar-refractivity contribution in [3.8, 4) is 17.1 Å². The van der Waals surface area contributed by atoms with Crippen LogP contribution in [0.5, 0.6) is 5.75 Å². The van der Waals surface area contributed by atoms with Gasteiger partial charge in [0.05, 0.1) is 49.0 Å². The van der Waals surface area contributed by atoms with Crippen molar-refractivity contribution < 1.29 is 32.3 Å². The van der Waals surface area contributed by atoms with Crippen molar-refractivity contribution in [3.63, 3.8) is 0 Å². The van der Waals surface area contributed by atoms with Crippen LogP contribution >= 0.6 is 0 Å². The predicted molar refractivity (Wildman–Crippen MR) is 121 cm³/mol. The van der Waals surface area contributed by atoms with Crippen LogP contribution in [0.25, 0.3) is 11.4 Å². The fourth-order valence-corrected chi connectivity index (χ4v) is 3.45. The number of benzene rings is 1. The number of aromatic nitrogens is 3. The van der Waals surface area contributed by atoms with Crippen molar-refractivity contribution in [3.05, 3.63) is 59.9 Å². The summed E-state index contributed by atoms with van der Waals surface area (Å²) in [6.07, 6.45) is 2.59. The lowest BCUT2D eigenvalue weighted by Crippen LogP contribution is -2.31. The second-order valence-electron chi connectivity index (χ2n) is 7.74. The summed E-state index contributed by atoms with van der Waals surface area (Å²) in [5.41, 5.74) is 5.85. The van der Waals surface area contributed by atoms with Crippen LogP contribution in [-0.4, -0.2) is 52.4 Å². The summed E-state index contributed by atoms with van der Waals surface area (Å²) in [5.74, 6) is -4.97. The van der Waals surface area contributed by atoms with Gasteiger partial charge in [0.15, 0.2) is 17.4 Å². The topological polar surface area (TPSA) is 133 Å². The Balaban J connectivity index is 1.81. The number of nitrogens with one attached hydrogen (secondary N) is 1. The highest BCUT2D eigenvalue weighted by Crippen LogP contribution is 2.43. The number of nitrogens with two attached hydrogens (primary N) is 1. The molecule has 1 atom stereocenters. The number of hydrogen-bond acceptors (Lipinski definition) is 8. The molecule has 10 nitrogen and oxygen atoms in total. The first-order valence-corrected chi connectivity index (χ1v) is 10.7. The molecule has 1 aromatic carbocycles. The molecule has 188 valence electrons. The van der Waals surface area contributed by atoms with E-state index in [0.717, 1.165) is 18.6 Å². The van der Waals surface area contributed by atoms with Gasteiger partial charge in [0, 0.05) is 12.6 Å². The van der Waals surface area contributed by atoms with E-state index in [0.29, 0.717) is 5.56 Å². The number of alkyl halides is 2. The molecule has 4 rings (SSSR count). The Hall–Kier alpha value is -4.26. The SMILES string of the molecule is CCON(c1cc(C(=O)NC2CC2(F)F)ncc1C(N)=O)c1cccc(-c2ncc(F)cn2)c1OC. The minimum absolute atomic E-state index is 0.0162. The van der Waals surface area contributed by atoms with Crippen LogP contribution < -0.4 is 20.9 Å². The molecule has 1 unspecified atom stereocenters. The van der Waals surface area contributed by atoms with E-state index in [4.69, 9.17) is 15.3 Å². The summed E-state index contributed by atoms with van der Waals surface area (Å²) in [6, 6.07) is 4.76. The molecule has 1 aliphatic rings. The van der Waals surface area contributed by atoms with Gasteiger partial charge in [-0.2, -0.15) is 0 Å². The van der Waals surface area contributed by atoms with Crippen molar-refractivity contribution in [2.24, 2.45) is 5.73 Å². The van der Waals surface area contributed by atoms with Gasteiger partial charge in [-0.15, -0.1) is 0 Å². The molecule has 0 radical (unpaired) electrons. The molecular weight excluding hydrogens is 481 g/mol. The fraction of sp³-hybridized carbons (Fsp3) is 0.261. The molecule has 1 saturated carbocycles. The Bertz CT molecular complexity index is 1310. The maximum atomic E-state index is 13.4. The lowest BCUT2D eigenvalue weighted by molar-refractivity contribution is 0.0845. The quantitative estimate of drug-likeness (QED) is 0.427. The smallest absolute Gasteiger partial charge is 0.270 e. The summed E-state index contributed by atoms with van der Waals surface area (Å²) in [5, 5.41) is 3.41. The Morgan fingerprint density at radius 1 is 1.19 bits per heavy atom. The highest BCUT2D eigenvalue weighted by Gasteiger charge is 2.58. The number of carbonyl (C=O) groups is 2. The lowest BCUT2D eigenvalue weighted by atomic mass is 10.1. The van der Waals surface area contributed by atoms with Gasteiger partial charge >= 0.3 is 0 Å². The monoisotopic (exact) mass is 502 g/mol. The van der Waals surface area contributed by atoms with Crippen LogP contribution in [0.4, 0.5) is 24.5 Å². The molecule has 2 aromatic heterocycles. The zero-order valence-corrected chi connectivity index (χ0v) is 19.2. The molecule has 13 heteroatoms. The van der Waals surface area contributed by atoms with Crippen LogP contribution in [0.3, 0.4) is 0 Å². The molecule has 1 aliphatic carbocycles. The predicted octanol–water partition coefficient (Wildman–Crippen LogP) is 3.01. The maximum absolute atomic E-state index is 13.4. The second kappa shape index (κ2) is 9.77. The van der Waals surface area contributed by atoms with Gasteiger partial charge in [-0.25, -0.2) is 28.2 Å². The summed E-state index contributed by atoms with van der Waals surface area (Å²) in [4.78, 5) is 42.4. The zero-order chi connectivity index (χ0) is 26.0. The van der Waals surface area contributed by atoms with Gasteiger partial charge < -0.3 is 15.8 Å². The second-order valence-corrected chi connectivity index (χ2v) is 7.74. The van der Waals surface area contributed by atoms with Gasteiger partial charge in [-0.1, -0.05) is 6.07 Å². The van der Waals surface area contributed by atoms with Crippen molar-refractivity contribution >= 4 is 23.2 Å². The zero-order valence-electron chi connectivity index (χ0n) is 19.2. The number of pyridine rings is 1. The minimum atomic E-state index is -2.97. The van der Waals surface area contributed by atoms with E-state index in [9.17, 15) is 22.8 Å². The van der Waals surface area contributed by atoms with Gasteiger partial charge in [0.2, 0.25) is 0 Å². The van der Waals surface area contributed by atoms with E-state index in [-0.39, 0.29) is 40.8 Å². The third-order valence-electron chi connectivity index (χ3n) is 5.27. The number of methoxy groups -OCH3 is 1. The number of anilines is 2. The first kappa shape index (κ1) is 24.9. The summed E-state index contributed by atoms with van der Waals surface area (Å²) in [7, 11) is 1.38. The molecule has 0 aliphatic heterocycles. The number of nitrogens with zero attached hydrogens (tertiary/aromatic N) is 4. The standard InChI is InChI=1S/C23H21F3N6O4/c1-3-36-32(16-6-4-5-13(19(16)35-2)21-29-9-12(24)10-30-21)17-7-15(28-11-14(17)20(27)33)22(34)31-18-8-23(18,25)26/h4-7,9-11,18H,3,8H2,1-2H3,(H2,27,33)(H,31,34). The van der Waals surface area contributed by atoms with E-state index >= 15 is 0 Å². The van der Waals surface area contributed by atoms with Crippen molar-refractivity contribution in [2.45, 2.75) is 25.3 Å². The first-order chi connectivity index (χ1) is 17.2. The molecule has 3 N–H and O–H groups in total. The van der Waals surface area contributed by atoms with E-state index in [1.54, 1.807) is 25.1 Å². The number of primary amides is 1. The molecule has 36 heavy (non-hydrogen) atoms. The Labute approximate surface area is 203 Å². The molecule has 1 fully saturated rings. The fourth-order valence-electron chi connectivity index (χ4n) is 3.45. The Morgan fingerprint density at radius 3 is 2.47 bits per heavy atom. The van der Waals surface area contributed by atoms with E-state index in [1.807, 2.05) is 0 Å². The molecule has 0 spiro atoms. The number of para-hydroxylation sites is 1. The largest absolute Gasteiger partial charge is 0.494 e. The van der Waals surface area contributed by atoms with E-state index in [2.05, 4.69) is 20.3 Å². The van der Waals surface area contributed by atoms with Crippen LogP contribution in [0, 0.1) is 5.82 Å². The van der Waals surface area contributed by atoms with Crippen molar-refractivity contribution in [1.82, 2.24) is 20.3 Å². The van der Waals surface area contributed by atoms with Crippen LogP contribution in [-0.2, 0) is 4.84 Å². The highest BCUT2D eigenvalue weighted by atomic mass is 19.3. The summed E-state index contributed by atoms with van der Waals surface area (Å²) < 4.78 is 45.5. The number of hydrogen-bond donors (Lipinski definition) is 2. The van der Waals surface area contributed by atoms with Crippen molar-refractivity contribution in [2.75, 3.05) is 18.8 Å². The summed E-state index contributed by atoms with van der Waals surface area (Å²) >= 11 is 0. The average molecular weight is 502 g/mol. The normalized spacial score (nSPS) is 15.8. The van der Waals surface area contributed by atoms with E-state index < -0.39 is 36.0 Å². The number of rotatable bonds is 9. The number of carbonyl (C=O) groups excluding carboxylic acids is 2. The molecule has 3 aromatic rings. The minimum Gasteiger partial charge on any atom is -0.494 e. The maximum Gasteiger partial charge on any atom is 0.270 e. The first-order valence-electron chi connectivity index (χ1n) is 10.7. The third-order valence-corrected chi connectivity index (χ3v) is 5.27. The number of amides is 2. The van der Waals surface area contributed by atoms with E-state index in [1.165, 1.54) is 18.2 Å². The van der Waals surface area contributed by atoms with Crippen molar-refractivity contribution in [1.29, 1.82) is 0 Å². The summed E-state index contributed by atoms with van der Waals surface area (Å²) in [6.45, 7) is 1.79. The third kappa shape index (κ3) is 4.91. The molecule has 0 bridgehead atoms.